The van der Waals surface area contributed by atoms with Crippen LogP contribution in [0.3, 0.4) is 0 Å². The lowest BCUT2D eigenvalue weighted by atomic mass is 9.92. The summed E-state index contributed by atoms with van der Waals surface area (Å²) >= 11 is 5.47. The number of thiol groups is 1. The summed E-state index contributed by atoms with van der Waals surface area (Å²) in [6.45, 7) is -1.08. The zero-order valence-corrected chi connectivity index (χ0v) is 17.9. The van der Waals surface area contributed by atoms with Gasteiger partial charge in [-0.25, -0.2) is 4.79 Å². The van der Waals surface area contributed by atoms with E-state index in [0.29, 0.717) is 17.1 Å². The Bertz CT molecular complexity index is 699. The number of esters is 1. The first-order chi connectivity index (χ1) is 13.9. The van der Waals surface area contributed by atoms with Crippen molar-refractivity contribution in [2.24, 2.45) is 5.41 Å². The third kappa shape index (κ3) is 5.58. The minimum Gasteiger partial charge on any atom is -0.508 e. The number of methoxy groups -OCH3 is 1. The maximum atomic E-state index is 12.8. The highest BCUT2D eigenvalue weighted by Crippen LogP contribution is 2.45. The summed E-state index contributed by atoms with van der Waals surface area (Å²) in [6, 6.07) is 5.83. The molecule has 0 unspecified atom stereocenters. The van der Waals surface area contributed by atoms with Crippen LogP contribution >= 0.6 is 24.4 Å². The second-order valence-electron chi connectivity index (χ2n) is 6.89. The van der Waals surface area contributed by atoms with Crippen LogP contribution in [0.25, 0.3) is 0 Å². The Morgan fingerprint density at radius 1 is 1.28 bits per heavy atom. The fourth-order valence-corrected chi connectivity index (χ4v) is 4.71. The van der Waals surface area contributed by atoms with Crippen LogP contribution in [0.15, 0.2) is 24.3 Å². The zero-order chi connectivity index (χ0) is 21.4. The number of rotatable bonds is 10. The Hall–Kier alpha value is -1.46. The Morgan fingerprint density at radius 2 is 1.97 bits per heavy atom. The molecular weight excluding hydrogens is 418 g/mol. The topological polar surface area (TPSA) is 117 Å². The van der Waals surface area contributed by atoms with E-state index in [9.17, 15) is 24.9 Å². The van der Waals surface area contributed by atoms with Gasteiger partial charge in [0.1, 0.15) is 23.8 Å². The zero-order valence-electron chi connectivity index (χ0n) is 16.2. The normalized spacial score (nSPS) is 19.4. The second kappa shape index (κ2) is 11.1. The number of hydrogen-bond acceptors (Lipinski definition) is 9. The molecule has 1 fully saturated rings. The highest BCUT2D eigenvalue weighted by Gasteiger charge is 2.44. The van der Waals surface area contributed by atoms with Crippen LogP contribution in [-0.4, -0.2) is 83.2 Å². The molecule has 0 saturated carbocycles. The van der Waals surface area contributed by atoms with Crippen molar-refractivity contribution in [3.63, 3.8) is 0 Å². The number of phenolic OH excluding ortho intramolecular Hbond substituents is 1. The van der Waals surface area contributed by atoms with Gasteiger partial charge in [0.25, 0.3) is 0 Å². The van der Waals surface area contributed by atoms with Crippen molar-refractivity contribution in [1.82, 2.24) is 4.90 Å². The van der Waals surface area contributed by atoms with Crippen LogP contribution in [0.2, 0.25) is 0 Å². The van der Waals surface area contributed by atoms with E-state index in [-0.39, 0.29) is 31.3 Å². The van der Waals surface area contributed by atoms with Gasteiger partial charge in [-0.15, -0.1) is 11.8 Å². The first kappa shape index (κ1) is 23.8. The van der Waals surface area contributed by atoms with Gasteiger partial charge in [-0.1, -0.05) is 18.2 Å². The van der Waals surface area contributed by atoms with Crippen molar-refractivity contribution in [3.05, 3.63) is 29.8 Å². The number of nitrogens with zero attached hydrogens (tertiary/aromatic N) is 1. The van der Waals surface area contributed by atoms with Gasteiger partial charge >= 0.3 is 5.97 Å². The van der Waals surface area contributed by atoms with E-state index < -0.39 is 36.0 Å². The molecule has 1 aliphatic heterocycles. The van der Waals surface area contributed by atoms with E-state index in [1.165, 1.54) is 29.8 Å². The average Bonchev–Trinajstić information content (AvgIpc) is 3.16. The number of ether oxygens (including phenoxy) is 2. The van der Waals surface area contributed by atoms with Gasteiger partial charge in [0.15, 0.2) is 0 Å². The summed E-state index contributed by atoms with van der Waals surface area (Å²) in [5, 5.41) is 28.8. The van der Waals surface area contributed by atoms with Crippen molar-refractivity contribution < 1.29 is 34.4 Å². The van der Waals surface area contributed by atoms with Crippen molar-refractivity contribution in [2.75, 3.05) is 45.0 Å². The fourth-order valence-electron chi connectivity index (χ4n) is 3.05. The van der Waals surface area contributed by atoms with Gasteiger partial charge in [0, 0.05) is 24.8 Å². The van der Waals surface area contributed by atoms with Gasteiger partial charge in [-0.05, 0) is 11.8 Å². The van der Waals surface area contributed by atoms with Crippen molar-refractivity contribution >= 4 is 36.3 Å². The Morgan fingerprint density at radius 3 is 2.55 bits per heavy atom. The van der Waals surface area contributed by atoms with E-state index in [4.69, 9.17) is 9.47 Å². The molecule has 10 heteroatoms. The summed E-state index contributed by atoms with van der Waals surface area (Å²) in [7, 11) is 1.42. The van der Waals surface area contributed by atoms with E-state index in [1.807, 2.05) is 0 Å². The molecule has 0 aliphatic carbocycles. The molecule has 29 heavy (non-hydrogen) atoms. The number of para-hydroxylation sites is 1. The first-order valence-corrected chi connectivity index (χ1v) is 10.8. The number of phenols is 1. The molecular formula is C19H27NO7S2. The van der Waals surface area contributed by atoms with E-state index >= 15 is 0 Å². The molecule has 2 rings (SSSR count). The number of carbonyl (C=O) groups is 2. The molecule has 1 aromatic carbocycles. The monoisotopic (exact) mass is 445 g/mol. The van der Waals surface area contributed by atoms with Crippen LogP contribution in [0.1, 0.15) is 17.4 Å². The van der Waals surface area contributed by atoms with E-state index in [1.54, 1.807) is 18.2 Å². The molecule has 8 nitrogen and oxygen atoms in total. The van der Waals surface area contributed by atoms with Crippen LogP contribution in [-0.2, 0) is 19.1 Å². The van der Waals surface area contributed by atoms with Gasteiger partial charge < -0.3 is 29.7 Å². The standard InChI is InChI=1S/C19H27NO7S2/c1-26-11-19(9-21,10-22)12-27-18(25)14-8-29-17(20(14)16(24)6-7-28)13-4-2-3-5-15(13)23/h2-5,14,17,21-23,28H,6-12H2,1H3/t14-,17+/m0/s1. The highest BCUT2D eigenvalue weighted by molar-refractivity contribution is 7.99. The summed E-state index contributed by atoms with van der Waals surface area (Å²) in [6.07, 6.45) is 0.137. The lowest BCUT2D eigenvalue weighted by Gasteiger charge is -2.31. The van der Waals surface area contributed by atoms with Crippen molar-refractivity contribution in [1.29, 1.82) is 0 Å². The van der Waals surface area contributed by atoms with Crippen LogP contribution < -0.4 is 0 Å². The van der Waals surface area contributed by atoms with Crippen molar-refractivity contribution in [3.8, 4) is 5.75 Å². The molecule has 1 aliphatic rings. The van der Waals surface area contributed by atoms with Crippen LogP contribution in [0.5, 0.6) is 5.75 Å². The lowest BCUT2D eigenvalue weighted by Crippen LogP contribution is -2.46. The maximum absolute atomic E-state index is 12.8. The number of amides is 1. The second-order valence-corrected chi connectivity index (χ2v) is 8.45. The molecule has 0 aromatic heterocycles. The number of aliphatic hydroxyl groups excluding tert-OH is 2. The molecule has 2 atom stereocenters. The number of hydrogen-bond donors (Lipinski definition) is 4. The molecule has 0 radical (unpaired) electrons. The third-order valence-electron chi connectivity index (χ3n) is 4.73. The fraction of sp³-hybridized carbons (Fsp3) is 0.579. The quantitative estimate of drug-likeness (QED) is 0.309. The van der Waals surface area contributed by atoms with Gasteiger partial charge in [-0.3, -0.25) is 4.79 Å². The average molecular weight is 446 g/mol. The number of thioether (sulfide) groups is 1. The highest BCUT2D eigenvalue weighted by atomic mass is 32.2. The number of carbonyl (C=O) groups excluding carboxylic acids is 2. The van der Waals surface area contributed by atoms with Gasteiger partial charge in [0.05, 0.1) is 25.2 Å². The predicted molar refractivity (Wildman–Crippen MR) is 112 cm³/mol. The predicted octanol–water partition coefficient (Wildman–Crippen LogP) is 0.815. The minimum atomic E-state index is -1.12. The van der Waals surface area contributed by atoms with Crippen LogP contribution in [0, 0.1) is 5.41 Å². The minimum absolute atomic E-state index is 0.00943. The summed E-state index contributed by atoms with van der Waals surface area (Å²) < 4.78 is 10.4. The van der Waals surface area contributed by atoms with Gasteiger partial charge in [-0.2, -0.15) is 12.6 Å². The maximum Gasteiger partial charge on any atom is 0.329 e. The molecule has 0 bridgehead atoms. The molecule has 1 amide bonds. The van der Waals surface area contributed by atoms with Gasteiger partial charge in [0.2, 0.25) is 5.91 Å². The number of aromatic hydroxyl groups is 1. The largest absolute Gasteiger partial charge is 0.508 e. The summed E-state index contributed by atoms with van der Waals surface area (Å²) in [5.41, 5.74) is -0.576. The molecule has 1 heterocycles. The molecule has 1 aromatic rings. The van der Waals surface area contributed by atoms with Crippen molar-refractivity contribution in [2.45, 2.75) is 17.8 Å². The Balaban J connectivity index is 2.20. The number of benzene rings is 1. The van der Waals surface area contributed by atoms with Crippen LogP contribution in [0.4, 0.5) is 0 Å². The first-order valence-electron chi connectivity index (χ1n) is 9.12. The van der Waals surface area contributed by atoms with E-state index in [0.717, 1.165) is 0 Å². The third-order valence-corrected chi connectivity index (χ3v) is 6.26. The summed E-state index contributed by atoms with van der Waals surface area (Å²) in [5.74, 6) is -0.243. The Kier molecular flexibility index (Phi) is 9.09. The number of aliphatic hydroxyl groups is 2. The molecule has 0 spiro atoms. The van der Waals surface area contributed by atoms with E-state index in [2.05, 4.69) is 12.6 Å². The SMILES string of the molecule is COCC(CO)(CO)COC(=O)[C@@H]1CS[C@H](c2ccccc2O)N1C(=O)CCS. The Labute approximate surface area is 179 Å². The molecule has 162 valence electrons. The smallest absolute Gasteiger partial charge is 0.329 e. The molecule has 1 saturated heterocycles. The lowest BCUT2D eigenvalue weighted by molar-refractivity contribution is -0.160. The summed E-state index contributed by atoms with van der Waals surface area (Å²) in [4.78, 5) is 27.0. The molecule has 3 N–H and O–H groups in total.